The monoisotopic (exact) mass is 479 g/mol. The average Bonchev–Trinajstić information content (AvgIpc) is 3.35. The maximum absolute atomic E-state index is 13.9. The van der Waals surface area contributed by atoms with Gasteiger partial charge in [0.25, 0.3) is 0 Å². The number of aromatic nitrogens is 2. The predicted octanol–water partition coefficient (Wildman–Crippen LogP) is 6.35. The number of carbonyl (C=O) groups is 1. The van der Waals surface area contributed by atoms with Gasteiger partial charge in [-0.15, -0.1) is 11.3 Å². The summed E-state index contributed by atoms with van der Waals surface area (Å²) in [7, 11) is 0. The highest BCUT2D eigenvalue weighted by molar-refractivity contribution is 7.16. The van der Waals surface area contributed by atoms with Gasteiger partial charge in [0.05, 0.1) is 10.9 Å². The lowest BCUT2D eigenvalue weighted by atomic mass is 9.84. The largest absolute Gasteiger partial charge is 0.435 e. The second-order valence-electron chi connectivity index (χ2n) is 7.64. The van der Waals surface area contributed by atoms with E-state index in [4.69, 9.17) is 11.6 Å². The van der Waals surface area contributed by atoms with E-state index >= 15 is 0 Å². The maximum Gasteiger partial charge on any atom is 0.435 e. The molecule has 2 aromatic heterocycles. The zero-order valence-corrected chi connectivity index (χ0v) is 18.9. The SMILES string of the molecule is C=CC(=O)N1Cc2sc(Cl)cc2C(c2ccccc2-c2cn(CCC)nc2C(F)(F)F)C1. The van der Waals surface area contributed by atoms with Crippen LogP contribution in [0.15, 0.2) is 49.2 Å². The first-order valence-electron chi connectivity index (χ1n) is 10.2. The smallest absolute Gasteiger partial charge is 0.333 e. The van der Waals surface area contributed by atoms with Gasteiger partial charge >= 0.3 is 6.18 Å². The number of amides is 1. The van der Waals surface area contributed by atoms with Crippen LogP contribution in [0.5, 0.6) is 0 Å². The van der Waals surface area contributed by atoms with Gasteiger partial charge in [-0.2, -0.15) is 18.3 Å². The highest BCUT2D eigenvalue weighted by Gasteiger charge is 2.39. The van der Waals surface area contributed by atoms with Crippen LogP contribution in [0.25, 0.3) is 11.1 Å². The van der Waals surface area contributed by atoms with Crippen molar-refractivity contribution in [3.8, 4) is 11.1 Å². The number of rotatable bonds is 5. The average molecular weight is 480 g/mol. The fourth-order valence-corrected chi connectivity index (χ4v) is 5.52. The molecule has 1 aliphatic rings. The third-order valence-electron chi connectivity index (χ3n) is 5.52. The Hall–Kier alpha value is -2.58. The van der Waals surface area contributed by atoms with Crippen LogP contribution >= 0.6 is 22.9 Å². The molecular weight excluding hydrogens is 459 g/mol. The normalized spacial score (nSPS) is 16.2. The molecule has 1 amide bonds. The lowest BCUT2D eigenvalue weighted by Crippen LogP contribution is -2.37. The van der Waals surface area contributed by atoms with E-state index in [0.717, 1.165) is 10.4 Å². The molecule has 0 fully saturated rings. The molecule has 4 nitrogen and oxygen atoms in total. The molecule has 0 N–H and O–H groups in total. The van der Waals surface area contributed by atoms with Crippen LogP contribution in [0.1, 0.15) is 41.0 Å². The van der Waals surface area contributed by atoms with Crippen LogP contribution in [0.2, 0.25) is 4.34 Å². The Morgan fingerprint density at radius 1 is 1.31 bits per heavy atom. The number of halogens is 4. The molecule has 32 heavy (non-hydrogen) atoms. The Bertz CT molecular complexity index is 1170. The minimum Gasteiger partial charge on any atom is -0.333 e. The predicted molar refractivity (Wildman–Crippen MR) is 120 cm³/mol. The van der Waals surface area contributed by atoms with Crippen molar-refractivity contribution in [3.63, 3.8) is 0 Å². The van der Waals surface area contributed by atoms with Crippen LogP contribution in [0.4, 0.5) is 13.2 Å². The topological polar surface area (TPSA) is 38.1 Å². The molecule has 1 unspecified atom stereocenters. The number of hydrogen-bond donors (Lipinski definition) is 0. The van der Waals surface area contributed by atoms with Crippen LogP contribution in [-0.2, 0) is 24.1 Å². The van der Waals surface area contributed by atoms with Crippen LogP contribution in [0.3, 0.4) is 0 Å². The summed E-state index contributed by atoms with van der Waals surface area (Å²) in [5.41, 5.74) is 1.23. The molecule has 3 aromatic rings. The molecule has 0 aliphatic carbocycles. The molecule has 3 heterocycles. The maximum atomic E-state index is 13.9. The molecular formula is C23H21ClF3N3OS. The van der Waals surface area contributed by atoms with E-state index in [0.29, 0.717) is 41.5 Å². The summed E-state index contributed by atoms with van der Waals surface area (Å²) in [5.74, 6) is -0.549. The summed E-state index contributed by atoms with van der Waals surface area (Å²) in [6.07, 6.45) is -1.21. The number of alkyl halides is 3. The molecule has 0 bridgehead atoms. The molecule has 0 saturated heterocycles. The van der Waals surface area contributed by atoms with E-state index in [1.54, 1.807) is 23.1 Å². The van der Waals surface area contributed by atoms with Crippen molar-refractivity contribution in [3.05, 3.63) is 75.2 Å². The van der Waals surface area contributed by atoms with Gasteiger partial charge < -0.3 is 4.90 Å². The van der Waals surface area contributed by atoms with E-state index in [1.165, 1.54) is 28.3 Å². The fourth-order valence-electron chi connectivity index (χ4n) is 4.16. The number of benzene rings is 1. The van der Waals surface area contributed by atoms with E-state index in [-0.39, 0.29) is 17.4 Å². The second-order valence-corrected chi connectivity index (χ2v) is 9.41. The van der Waals surface area contributed by atoms with Crippen molar-refractivity contribution in [1.82, 2.24) is 14.7 Å². The Morgan fingerprint density at radius 3 is 2.75 bits per heavy atom. The summed E-state index contributed by atoms with van der Waals surface area (Å²) in [4.78, 5) is 15.0. The Labute approximate surface area is 192 Å². The third kappa shape index (κ3) is 4.21. The van der Waals surface area contributed by atoms with Gasteiger partial charge in [0.15, 0.2) is 5.69 Å². The summed E-state index contributed by atoms with van der Waals surface area (Å²) in [6.45, 7) is 6.57. The second kappa shape index (κ2) is 8.75. The lowest BCUT2D eigenvalue weighted by Gasteiger charge is -2.33. The highest BCUT2D eigenvalue weighted by atomic mass is 35.5. The molecule has 0 spiro atoms. The van der Waals surface area contributed by atoms with E-state index in [1.807, 2.05) is 19.1 Å². The molecule has 0 radical (unpaired) electrons. The number of hydrogen-bond acceptors (Lipinski definition) is 3. The van der Waals surface area contributed by atoms with Crippen LogP contribution in [0, 0.1) is 0 Å². The zero-order valence-electron chi connectivity index (χ0n) is 17.3. The number of nitrogens with zero attached hydrogens (tertiary/aromatic N) is 3. The molecule has 0 saturated carbocycles. The minimum atomic E-state index is -4.59. The lowest BCUT2D eigenvalue weighted by molar-refractivity contribution is -0.141. The van der Waals surface area contributed by atoms with E-state index in [2.05, 4.69) is 11.7 Å². The number of aryl methyl sites for hydroxylation is 1. The van der Waals surface area contributed by atoms with Crippen LogP contribution in [-0.4, -0.2) is 27.1 Å². The van der Waals surface area contributed by atoms with Crippen LogP contribution < -0.4 is 0 Å². The highest BCUT2D eigenvalue weighted by Crippen LogP contribution is 2.45. The number of carbonyl (C=O) groups excluding carboxylic acids is 1. The first kappa shape index (κ1) is 22.6. The van der Waals surface area contributed by atoms with Crippen molar-refractivity contribution in [2.24, 2.45) is 0 Å². The van der Waals surface area contributed by atoms with Gasteiger partial charge in [-0.05, 0) is 35.3 Å². The third-order valence-corrected chi connectivity index (χ3v) is 6.78. The van der Waals surface area contributed by atoms with E-state index < -0.39 is 11.9 Å². The number of fused-ring (bicyclic) bond motifs is 1. The zero-order chi connectivity index (χ0) is 23.0. The van der Waals surface area contributed by atoms with Crippen molar-refractivity contribution < 1.29 is 18.0 Å². The van der Waals surface area contributed by atoms with Crippen molar-refractivity contribution >= 4 is 28.8 Å². The fraction of sp³-hybridized carbons (Fsp3) is 0.304. The molecule has 1 aromatic carbocycles. The Kier molecular flexibility index (Phi) is 6.18. The molecule has 4 rings (SSSR count). The quantitative estimate of drug-likeness (QED) is 0.400. The summed E-state index contributed by atoms with van der Waals surface area (Å²) in [5, 5.41) is 3.83. The van der Waals surface area contributed by atoms with Crippen molar-refractivity contribution in [1.29, 1.82) is 0 Å². The van der Waals surface area contributed by atoms with Gasteiger partial charge in [-0.3, -0.25) is 9.48 Å². The first-order valence-corrected chi connectivity index (χ1v) is 11.4. The Morgan fingerprint density at radius 2 is 2.06 bits per heavy atom. The first-order chi connectivity index (χ1) is 15.2. The minimum absolute atomic E-state index is 0.0385. The number of thiophene rings is 1. The Balaban J connectivity index is 1.88. The van der Waals surface area contributed by atoms with Crippen molar-refractivity contribution in [2.75, 3.05) is 6.54 Å². The summed E-state index contributed by atoms with van der Waals surface area (Å²) >= 11 is 7.66. The molecule has 1 aliphatic heterocycles. The van der Waals surface area contributed by atoms with Gasteiger partial charge in [0.2, 0.25) is 5.91 Å². The van der Waals surface area contributed by atoms with E-state index in [9.17, 15) is 18.0 Å². The summed E-state index contributed by atoms with van der Waals surface area (Å²) < 4.78 is 43.5. The van der Waals surface area contributed by atoms with Gasteiger partial charge in [-0.1, -0.05) is 49.4 Å². The van der Waals surface area contributed by atoms with Gasteiger partial charge in [0, 0.05) is 35.6 Å². The molecule has 168 valence electrons. The van der Waals surface area contributed by atoms with Crippen molar-refractivity contribution in [2.45, 2.75) is 38.5 Å². The molecule has 1 atom stereocenters. The van der Waals surface area contributed by atoms with Gasteiger partial charge in [0.1, 0.15) is 0 Å². The standard InChI is InChI=1S/C23H21ClF3N3OS/c1-3-9-30-12-18(22(28-30)23(25,26)27)15-8-6-5-7-14(15)17-11-29(21(31)4-2)13-19-16(17)10-20(24)32-19/h4-8,10,12,17H,2-3,9,11,13H2,1H3. The summed E-state index contributed by atoms with van der Waals surface area (Å²) in [6, 6.07) is 8.86. The van der Waals surface area contributed by atoms with Gasteiger partial charge in [-0.25, -0.2) is 0 Å². The molecule has 9 heteroatoms.